The summed E-state index contributed by atoms with van der Waals surface area (Å²) in [7, 11) is 3.84. The van der Waals surface area contributed by atoms with E-state index in [2.05, 4.69) is 45.6 Å². The molecule has 136 valence electrons. The van der Waals surface area contributed by atoms with Crippen molar-refractivity contribution in [2.75, 3.05) is 40.3 Å². The fraction of sp³-hybridized carbons (Fsp3) is 0.389. The summed E-state index contributed by atoms with van der Waals surface area (Å²) < 4.78 is 7.47. The first kappa shape index (κ1) is 19.8. The van der Waals surface area contributed by atoms with Gasteiger partial charge in [0.05, 0.1) is 12.8 Å². The summed E-state index contributed by atoms with van der Waals surface area (Å²) in [5.74, 6) is 0.867. The molecule has 7 heteroatoms. The average Bonchev–Trinajstić information content (AvgIpc) is 3.00. The molecule has 1 aliphatic heterocycles. The molecule has 0 spiro atoms. The predicted molar refractivity (Wildman–Crippen MR) is 109 cm³/mol. The lowest BCUT2D eigenvalue weighted by Crippen LogP contribution is -2.42. The van der Waals surface area contributed by atoms with Crippen molar-refractivity contribution in [1.82, 2.24) is 14.5 Å². The summed E-state index contributed by atoms with van der Waals surface area (Å²) >= 11 is 1.68. The molecule has 5 nitrogen and oxygen atoms in total. The maximum absolute atomic E-state index is 5.25. The molecule has 0 atom stereocenters. The van der Waals surface area contributed by atoms with Crippen molar-refractivity contribution in [3.8, 4) is 17.0 Å². The Labute approximate surface area is 163 Å². The van der Waals surface area contributed by atoms with E-state index in [1.165, 1.54) is 0 Å². The van der Waals surface area contributed by atoms with Gasteiger partial charge in [0.2, 0.25) is 4.80 Å². The summed E-state index contributed by atoms with van der Waals surface area (Å²) in [5, 5.41) is 9.20. The summed E-state index contributed by atoms with van der Waals surface area (Å²) in [6, 6.07) is 8.14. The molecule has 1 aliphatic rings. The minimum atomic E-state index is 0. The third-order valence-corrected chi connectivity index (χ3v) is 5.06. The number of thiazole rings is 1. The second kappa shape index (κ2) is 9.22. The van der Waals surface area contributed by atoms with E-state index in [1.807, 2.05) is 18.2 Å². The molecule has 0 saturated carbocycles. The highest BCUT2D eigenvalue weighted by molar-refractivity contribution is 8.93. The van der Waals surface area contributed by atoms with Crippen molar-refractivity contribution in [3.63, 3.8) is 0 Å². The van der Waals surface area contributed by atoms with E-state index in [1.54, 1.807) is 18.4 Å². The molecule has 1 fully saturated rings. The van der Waals surface area contributed by atoms with Gasteiger partial charge in [-0.25, -0.2) is 0 Å². The highest BCUT2D eigenvalue weighted by Crippen LogP contribution is 2.23. The molecule has 1 aromatic heterocycles. The maximum atomic E-state index is 5.25. The quantitative estimate of drug-likeness (QED) is 0.691. The minimum absolute atomic E-state index is 0. The van der Waals surface area contributed by atoms with Crippen molar-refractivity contribution in [1.29, 1.82) is 0 Å². The zero-order valence-electron chi connectivity index (χ0n) is 14.7. The van der Waals surface area contributed by atoms with E-state index in [0.717, 1.165) is 54.5 Å². The number of likely N-dealkylation sites (N-methyl/N-ethyl adjacent to an activating group) is 1. The number of hydrogen-bond donors (Lipinski definition) is 0. The second-order valence-electron chi connectivity index (χ2n) is 5.89. The van der Waals surface area contributed by atoms with Crippen LogP contribution in [0.1, 0.15) is 0 Å². The highest BCUT2D eigenvalue weighted by atomic mass is 79.9. The van der Waals surface area contributed by atoms with Gasteiger partial charge >= 0.3 is 0 Å². The third kappa shape index (κ3) is 4.74. The van der Waals surface area contributed by atoms with E-state index < -0.39 is 0 Å². The van der Waals surface area contributed by atoms with Gasteiger partial charge in [0, 0.05) is 38.1 Å². The van der Waals surface area contributed by atoms with Gasteiger partial charge in [-0.2, -0.15) is 0 Å². The van der Waals surface area contributed by atoms with E-state index in [0.29, 0.717) is 0 Å². The lowest BCUT2D eigenvalue weighted by Gasteiger charge is -2.29. The Hall–Kier alpha value is -1.57. The van der Waals surface area contributed by atoms with Crippen molar-refractivity contribution in [2.24, 2.45) is 5.10 Å². The van der Waals surface area contributed by atoms with Gasteiger partial charge in [-0.15, -0.1) is 40.0 Å². The van der Waals surface area contributed by atoms with Crippen LogP contribution in [0.15, 0.2) is 47.4 Å². The molecule has 0 aliphatic carbocycles. The fourth-order valence-corrected chi connectivity index (χ4v) is 3.67. The summed E-state index contributed by atoms with van der Waals surface area (Å²) in [6.07, 6.45) is 1.92. The van der Waals surface area contributed by atoms with Gasteiger partial charge in [-0.05, 0) is 36.9 Å². The molecule has 3 rings (SSSR count). The number of benzene rings is 1. The third-order valence-electron chi connectivity index (χ3n) is 4.20. The molecule has 25 heavy (non-hydrogen) atoms. The molecule has 1 aromatic carbocycles. The molecular weight excluding hydrogens is 400 g/mol. The Morgan fingerprint density at radius 3 is 2.48 bits per heavy atom. The second-order valence-corrected chi connectivity index (χ2v) is 6.72. The van der Waals surface area contributed by atoms with Crippen LogP contribution >= 0.6 is 28.3 Å². The number of rotatable bonds is 5. The standard InChI is InChI=1S/C18H24N4OS.BrH/c1-4-9-22-17(15-5-7-16(23-3)8-6-15)14-24-18(22)19-21-12-10-20(2)11-13-21;/h4-8,14H,1,9-13H2,2-3H3;1H/b19-18-;. The largest absolute Gasteiger partial charge is 0.497 e. The topological polar surface area (TPSA) is 33.0 Å². The van der Waals surface area contributed by atoms with Gasteiger partial charge < -0.3 is 14.2 Å². The molecule has 2 heterocycles. The number of piperazine rings is 1. The van der Waals surface area contributed by atoms with Gasteiger partial charge in [-0.3, -0.25) is 5.01 Å². The van der Waals surface area contributed by atoms with E-state index >= 15 is 0 Å². The number of methoxy groups -OCH3 is 1. The van der Waals surface area contributed by atoms with Crippen LogP contribution in [0.25, 0.3) is 11.3 Å². The molecule has 0 unspecified atom stereocenters. The molecule has 0 bridgehead atoms. The lowest BCUT2D eigenvalue weighted by molar-refractivity contribution is 0.153. The predicted octanol–water partition coefficient (Wildman–Crippen LogP) is 3.05. The van der Waals surface area contributed by atoms with Gasteiger partial charge in [0.25, 0.3) is 0 Å². The van der Waals surface area contributed by atoms with E-state index in [-0.39, 0.29) is 17.0 Å². The average molecular weight is 425 g/mol. The van der Waals surface area contributed by atoms with Gasteiger partial charge in [0.1, 0.15) is 5.75 Å². The Balaban J connectivity index is 0.00000225. The van der Waals surface area contributed by atoms with Crippen molar-refractivity contribution < 1.29 is 4.74 Å². The van der Waals surface area contributed by atoms with Crippen LogP contribution in [0, 0.1) is 0 Å². The Kier molecular flexibility index (Phi) is 7.28. The van der Waals surface area contributed by atoms with Crippen molar-refractivity contribution in [3.05, 3.63) is 47.1 Å². The number of aromatic nitrogens is 1. The minimum Gasteiger partial charge on any atom is -0.497 e. The normalized spacial score (nSPS) is 15.8. The molecule has 0 radical (unpaired) electrons. The zero-order valence-corrected chi connectivity index (χ0v) is 17.2. The smallest absolute Gasteiger partial charge is 0.208 e. The van der Waals surface area contributed by atoms with Crippen LogP contribution < -0.4 is 9.54 Å². The zero-order chi connectivity index (χ0) is 16.9. The number of ether oxygens (including phenoxy) is 1. The van der Waals surface area contributed by atoms with Crippen LogP contribution in [0.5, 0.6) is 5.75 Å². The highest BCUT2D eigenvalue weighted by Gasteiger charge is 2.13. The van der Waals surface area contributed by atoms with Crippen LogP contribution in [0.2, 0.25) is 0 Å². The number of halogens is 1. The van der Waals surface area contributed by atoms with Crippen LogP contribution in [0.3, 0.4) is 0 Å². The SMILES string of the molecule is Br.C=CCn1c(-c2ccc(OC)cc2)cs/c1=N\N1CCN(C)CC1. The number of allylic oxidation sites excluding steroid dienone is 1. The van der Waals surface area contributed by atoms with E-state index in [9.17, 15) is 0 Å². The van der Waals surface area contributed by atoms with Gasteiger partial charge in [0.15, 0.2) is 0 Å². The number of nitrogens with zero attached hydrogens (tertiary/aromatic N) is 4. The van der Waals surface area contributed by atoms with E-state index in [4.69, 9.17) is 9.84 Å². The first-order valence-electron chi connectivity index (χ1n) is 8.13. The fourth-order valence-electron chi connectivity index (χ4n) is 2.72. The molecule has 0 N–H and O–H groups in total. The summed E-state index contributed by atoms with van der Waals surface area (Å²) in [5.41, 5.74) is 2.32. The number of hydrogen-bond acceptors (Lipinski definition) is 5. The van der Waals surface area contributed by atoms with Crippen LogP contribution in [0.4, 0.5) is 0 Å². The monoisotopic (exact) mass is 424 g/mol. The van der Waals surface area contributed by atoms with Crippen molar-refractivity contribution in [2.45, 2.75) is 6.54 Å². The first-order valence-corrected chi connectivity index (χ1v) is 9.01. The summed E-state index contributed by atoms with van der Waals surface area (Å²) in [6.45, 7) is 8.70. The van der Waals surface area contributed by atoms with Crippen LogP contribution in [-0.4, -0.2) is 54.8 Å². The van der Waals surface area contributed by atoms with Gasteiger partial charge in [-0.1, -0.05) is 6.08 Å². The first-order chi connectivity index (χ1) is 11.7. The lowest BCUT2D eigenvalue weighted by atomic mass is 10.1. The Bertz CT molecular complexity index is 745. The Morgan fingerprint density at radius 1 is 1.20 bits per heavy atom. The Morgan fingerprint density at radius 2 is 1.88 bits per heavy atom. The van der Waals surface area contributed by atoms with Crippen molar-refractivity contribution >= 4 is 28.3 Å². The summed E-state index contributed by atoms with van der Waals surface area (Å²) in [4.78, 5) is 3.35. The molecule has 1 saturated heterocycles. The maximum Gasteiger partial charge on any atom is 0.208 e. The molecule has 2 aromatic rings. The molecular formula is C18H25BrN4OS. The van der Waals surface area contributed by atoms with Crippen LogP contribution in [-0.2, 0) is 6.54 Å². The molecule has 0 amide bonds.